The van der Waals surface area contributed by atoms with Crippen molar-refractivity contribution in [2.45, 2.75) is 11.5 Å². The lowest BCUT2D eigenvalue weighted by Gasteiger charge is -2.34. The molecular formula is C49H32N4. The van der Waals surface area contributed by atoms with Gasteiger partial charge < -0.3 is 5.32 Å². The van der Waals surface area contributed by atoms with Crippen LogP contribution in [0.2, 0.25) is 0 Å². The second kappa shape index (κ2) is 13.1. The van der Waals surface area contributed by atoms with Gasteiger partial charge in [-0.2, -0.15) is 10.5 Å². The molecular weight excluding hydrogens is 645 g/mol. The summed E-state index contributed by atoms with van der Waals surface area (Å²) in [5.74, 6) is 0. The first-order valence-electron chi connectivity index (χ1n) is 17.7. The predicted molar refractivity (Wildman–Crippen MR) is 211 cm³/mol. The lowest BCUT2D eigenvalue weighted by atomic mass is 9.67. The molecule has 0 radical (unpaired) electrons. The number of allylic oxidation sites excluding steroid dienone is 2. The molecule has 1 aliphatic carbocycles. The molecule has 7 aromatic rings. The summed E-state index contributed by atoms with van der Waals surface area (Å²) in [6.07, 6.45) is 7.32. The molecule has 1 aliphatic heterocycles. The molecule has 1 N–H and O–H groups in total. The Balaban J connectivity index is 1.23. The number of benzene rings is 6. The van der Waals surface area contributed by atoms with E-state index in [2.05, 4.69) is 162 Å². The number of nitrogens with one attached hydrogen (secondary N) is 1. The zero-order valence-electron chi connectivity index (χ0n) is 28.7. The van der Waals surface area contributed by atoms with Crippen molar-refractivity contribution in [3.8, 4) is 56.8 Å². The van der Waals surface area contributed by atoms with Gasteiger partial charge >= 0.3 is 0 Å². The molecule has 2 heterocycles. The number of hydrogen-bond acceptors (Lipinski definition) is 4. The molecule has 0 fully saturated rings. The van der Waals surface area contributed by atoms with E-state index in [-0.39, 0.29) is 6.04 Å². The number of nitriles is 2. The fourth-order valence-electron chi connectivity index (χ4n) is 8.07. The van der Waals surface area contributed by atoms with Gasteiger partial charge in [-0.15, -0.1) is 0 Å². The largest absolute Gasteiger partial charge is 0.381 e. The lowest BCUT2D eigenvalue weighted by Crippen LogP contribution is -2.28. The summed E-state index contributed by atoms with van der Waals surface area (Å²) in [6, 6.07) is 60.5. The molecule has 0 amide bonds. The van der Waals surface area contributed by atoms with E-state index in [0.29, 0.717) is 11.1 Å². The van der Waals surface area contributed by atoms with Crippen molar-refractivity contribution in [3.63, 3.8) is 0 Å². The molecule has 53 heavy (non-hydrogen) atoms. The second-order valence-corrected chi connectivity index (χ2v) is 13.5. The Kier molecular flexibility index (Phi) is 7.85. The predicted octanol–water partition coefficient (Wildman–Crippen LogP) is 10.9. The van der Waals surface area contributed by atoms with Crippen molar-refractivity contribution < 1.29 is 0 Å². The molecule has 0 bridgehead atoms. The SMILES string of the molecule is N#CC1=CC(c2cccc(-c3ccc4c(c3)C(c3ccccc3)(c3ccccc3)c3cc(-c5cccc(-c6cc(C#N)ccn6)c5)ccc3-4)c2)NC=C1. The number of nitrogens with zero attached hydrogens (tertiary/aromatic N) is 3. The topological polar surface area (TPSA) is 72.5 Å². The molecule has 1 atom stereocenters. The van der Waals surface area contributed by atoms with Crippen molar-refractivity contribution in [2.75, 3.05) is 0 Å². The zero-order chi connectivity index (χ0) is 35.8. The molecule has 4 nitrogen and oxygen atoms in total. The van der Waals surface area contributed by atoms with Crippen molar-refractivity contribution >= 4 is 0 Å². The number of fused-ring (bicyclic) bond motifs is 3. The van der Waals surface area contributed by atoms with E-state index in [0.717, 1.165) is 39.1 Å². The van der Waals surface area contributed by atoms with Crippen LogP contribution in [0, 0.1) is 22.7 Å². The molecule has 2 aliphatic rings. The van der Waals surface area contributed by atoms with Crippen LogP contribution in [0.25, 0.3) is 44.6 Å². The number of hydrogen-bond donors (Lipinski definition) is 1. The Morgan fingerprint density at radius 1 is 0.547 bits per heavy atom. The van der Waals surface area contributed by atoms with Crippen molar-refractivity contribution in [3.05, 3.63) is 221 Å². The van der Waals surface area contributed by atoms with E-state index < -0.39 is 5.41 Å². The van der Waals surface area contributed by atoms with Gasteiger partial charge in [0.05, 0.1) is 40.4 Å². The van der Waals surface area contributed by atoms with Gasteiger partial charge in [0.2, 0.25) is 0 Å². The average molecular weight is 677 g/mol. The summed E-state index contributed by atoms with van der Waals surface area (Å²) < 4.78 is 0. The van der Waals surface area contributed by atoms with Crippen LogP contribution < -0.4 is 5.32 Å². The van der Waals surface area contributed by atoms with Gasteiger partial charge in [-0.1, -0.05) is 121 Å². The summed E-state index contributed by atoms with van der Waals surface area (Å²) in [4.78, 5) is 4.58. The van der Waals surface area contributed by atoms with Gasteiger partial charge in [0, 0.05) is 11.8 Å². The Morgan fingerprint density at radius 3 is 1.79 bits per heavy atom. The van der Waals surface area contributed by atoms with Crippen molar-refractivity contribution in [1.82, 2.24) is 10.3 Å². The summed E-state index contributed by atoms with van der Waals surface area (Å²) in [6.45, 7) is 0. The van der Waals surface area contributed by atoms with Gasteiger partial charge in [-0.05, 0) is 116 Å². The minimum Gasteiger partial charge on any atom is -0.381 e. The lowest BCUT2D eigenvalue weighted by molar-refractivity contribution is 0.742. The van der Waals surface area contributed by atoms with Gasteiger partial charge in [-0.3, -0.25) is 4.98 Å². The van der Waals surface area contributed by atoms with Gasteiger partial charge in [-0.25, -0.2) is 0 Å². The van der Waals surface area contributed by atoms with E-state index in [9.17, 15) is 10.5 Å². The second-order valence-electron chi connectivity index (χ2n) is 13.5. The fraction of sp³-hybridized carbons (Fsp3) is 0.0408. The third-order valence-corrected chi connectivity index (χ3v) is 10.5. The van der Waals surface area contributed by atoms with Crippen LogP contribution in [-0.2, 0) is 5.41 Å². The van der Waals surface area contributed by atoms with Gasteiger partial charge in [0.1, 0.15) is 0 Å². The van der Waals surface area contributed by atoms with Crippen LogP contribution in [0.4, 0.5) is 0 Å². The maximum atomic E-state index is 9.54. The standard InChI is InChI=1S/C49H32N4/c50-31-33-21-23-52-47(25-33)39-11-7-9-35(27-39)37-17-19-43-44-20-18-38(36-10-8-12-40(28-36)48-26-34(32-51)22-24-53-48)30-46(44)49(45(43)29-37,41-13-3-1-4-14-41)42-15-5-2-6-16-42/h1-30,47,52H. The highest BCUT2D eigenvalue weighted by Crippen LogP contribution is 2.57. The Hall–Kier alpha value is -7.27. The van der Waals surface area contributed by atoms with Crippen LogP contribution in [0.5, 0.6) is 0 Å². The minimum atomic E-state index is -0.586. The maximum absolute atomic E-state index is 9.54. The Bertz CT molecular complexity index is 2640. The first kappa shape index (κ1) is 31.7. The molecule has 1 aromatic heterocycles. The molecule has 4 heteroatoms. The number of dihydropyridines is 1. The molecule has 248 valence electrons. The zero-order valence-corrected chi connectivity index (χ0v) is 28.7. The molecule has 0 spiro atoms. The number of rotatable bonds is 6. The van der Waals surface area contributed by atoms with E-state index in [1.54, 1.807) is 18.3 Å². The molecule has 1 unspecified atom stereocenters. The van der Waals surface area contributed by atoms with Crippen LogP contribution >= 0.6 is 0 Å². The summed E-state index contributed by atoms with van der Waals surface area (Å²) in [5.41, 5.74) is 15.2. The summed E-state index contributed by atoms with van der Waals surface area (Å²) >= 11 is 0. The monoisotopic (exact) mass is 676 g/mol. The Labute approximate surface area is 309 Å². The van der Waals surface area contributed by atoms with Crippen molar-refractivity contribution in [1.29, 1.82) is 10.5 Å². The van der Waals surface area contributed by atoms with Crippen LogP contribution in [-0.4, -0.2) is 4.98 Å². The molecule has 9 rings (SSSR count). The van der Waals surface area contributed by atoms with Gasteiger partial charge in [0.25, 0.3) is 0 Å². The molecule has 6 aromatic carbocycles. The normalized spacial score (nSPS) is 14.9. The number of aromatic nitrogens is 1. The first-order valence-corrected chi connectivity index (χ1v) is 17.7. The van der Waals surface area contributed by atoms with E-state index in [1.807, 2.05) is 24.4 Å². The Morgan fingerprint density at radius 2 is 1.15 bits per heavy atom. The highest BCUT2D eigenvalue weighted by atomic mass is 14.9. The third-order valence-electron chi connectivity index (χ3n) is 10.5. The van der Waals surface area contributed by atoms with Crippen LogP contribution in [0.3, 0.4) is 0 Å². The quantitative estimate of drug-likeness (QED) is 0.190. The van der Waals surface area contributed by atoms with E-state index in [4.69, 9.17) is 0 Å². The average Bonchev–Trinajstić information content (AvgIpc) is 3.54. The van der Waals surface area contributed by atoms with Crippen LogP contribution in [0.15, 0.2) is 188 Å². The molecule has 0 saturated carbocycles. The van der Waals surface area contributed by atoms with Crippen molar-refractivity contribution in [2.24, 2.45) is 0 Å². The van der Waals surface area contributed by atoms with Crippen LogP contribution in [0.1, 0.15) is 39.4 Å². The van der Waals surface area contributed by atoms with E-state index in [1.165, 1.54) is 33.4 Å². The maximum Gasteiger partial charge on any atom is 0.0992 e. The van der Waals surface area contributed by atoms with E-state index >= 15 is 0 Å². The smallest absolute Gasteiger partial charge is 0.0992 e. The van der Waals surface area contributed by atoms with Gasteiger partial charge in [0.15, 0.2) is 0 Å². The first-order chi connectivity index (χ1) is 26.1. The summed E-state index contributed by atoms with van der Waals surface area (Å²) in [5, 5.41) is 22.5. The third kappa shape index (κ3) is 5.42. The highest BCUT2D eigenvalue weighted by Gasteiger charge is 2.46. The summed E-state index contributed by atoms with van der Waals surface area (Å²) in [7, 11) is 0. The number of pyridine rings is 1. The highest BCUT2D eigenvalue weighted by molar-refractivity contribution is 5.90. The molecule has 0 saturated heterocycles. The fourth-order valence-corrected chi connectivity index (χ4v) is 8.07. The minimum absolute atomic E-state index is 0.0796.